The van der Waals surface area contributed by atoms with Gasteiger partial charge in [-0.3, -0.25) is 29.1 Å². The van der Waals surface area contributed by atoms with Gasteiger partial charge in [0.15, 0.2) is 0 Å². The monoisotopic (exact) mass is 510 g/mol. The van der Waals surface area contributed by atoms with Crippen molar-refractivity contribution in [1.29, 1.82) is 0 Å². The lowest BCUT2D eigenvalue weighted by Gasteiger charge is -2.45. The topological polar surface area (TPSA) is 139 Å². The fraction of sp³-hybridized carbons (Fsp3) is 0.800. The first-order valence-electron chi connectivity index (χ1n) is 12.8. The van der Waals surface area contributed by atoms with Crippen LogP contribution in [0.4, 0.5) is 9.59 Å². The predicted octanol–water partition coefficient (Wildman–Crippen LogP) is 1.80. The third kappa shape index (κ3) is 4.87. The molecular formula is C25H42N4O7. The van der Waals surface area contributed by atoms with Gasteiger partial charge in [-0.15, -0.1) is 0 Å². The molecule has 7 amide bonds. The summed E-state index contributed by atoms with van der Waals surface area (Å²) in [4.78, 5) is 69.8. The van der Waals surface area contributed by atoms with Gasteiger partial charge in [0.1, 0.15) is 11.0 Å². The number of barbiturate groups is 1. The smallest absolute Gasteiger partial charge is 0.333 e. The number of β-amino-alcohol motifs (C(OH)–C–C–N with tert-alkyl or cyclic N) is 2. The first-order valence-corrected chi connectivity index (χ1v) is 12.8. The van der Waals surface area contributed by atoms with Crippen LogP contribution in [0.3, 0.4) is 0 Å². The minimum atomic E-state index is -1.40. The van der Waals surface area contributed by atoms with Crippen molar-refractivity contribution in [3.63, 3.8) is 0 Å². The minimum Gasteiger partial charge on any atom is -0.391 e. The van der Waals surface area contributed by atoms with Crippen LogP contribution in [0.15, 0.2) is 0 Å². The molecule has 0 aliphatic carbocycles. The highest BCUT2D eigenvalue weighted by Gasteiger charge is 2.57. The van der Waals surface area contributed by atoms with E-state index in [-0.39, 0.29) is 31.8 Å². The Kier molecular flexibility index (Phi) is 8.94. The average Bonchev–Trinajstić information content (AvgIpc) is 2.96. The summed E-state index contributed by atoms with van der Waals surface area (Å²) in [5.74, 6) is -1.83. The van der Waals surface area contributed by atoms with E-state index in [9.17, 15) is 34.2 Å². The molecule has 2 heterocycles. The second-order valence-electron chi connectivity index (χ2n) is 10.7. The maximum absolute atomic E-state index is 13.4. The molecule has 2 aliphatic rings. The van der Waals surface area contributed by atoms with E-state index in [0.717, 1.165) is 14.7 Å². The van der Waals surface area contributed by atoms with Crippen molar-refractivity contribution in [3.05, 3.63) is 0 Å². The molecule has 2 saturated heterocycles. The number of nitrogens with zero attached hydrogens (tertiary/aromatic N) is 4. The van der Waals surface area contributed by atoms with Crippen LogP contribution in [0, 0.1) is 11.3 Å². The lowest BCUT2D eigenvalue weighted by atomic mass is 9.77. The summed E-state index contributed by atoms with van der Waals surface area (Å²) >= 11 is 0. The lowest BCUT2D eigenvalue weighted by Crippen LogP contribution is -2.67. The molecule has 3 unspecified atom stereocenters. The first kappa shape index (κ1) is 29.7. The molecular weight excluding hydrogens is 468 g/mol. The number of aliphatic hydroxyl groups is 2. The molecule has 0 bridgehead atoms. The van der Waals surface area contributed by atoms with Gasteiger partial charge in [0, 0.05) is 6.04 Å². The van der Waals surface area contributed by atoms with E-state index in [4.69, 9.17) is 0 Å². The fourth-order valence-corrected chi connectivity index (χ4v) is 4.86. The molecule has 36 heavy (non-hydrogen) atoms. The highest BCUT2D eigenvalue weighted by molar-refractivity contribution is 6.19. The molecule has 2 fully saturated rings. The summed E-state index contributed by atoms with van der Waals surface area (Å²) in [6.45, 7) is 12.7. The largest absolute Gasteiger partial charge is 0.391 e. The van der Waals surface area contributed by atoms with Crippen molar-refractivity contribution in [1.82, 2.24) is 19.6 Å². The zero-order chi connectivity index (χ0) is 27.7. The zero-order valence-corrected chi connectivity index (χ0v) is 22.8. The van der Waals surface area contributed by atoms with Crippen molar-refractivity contribution >= 4 is 29.8 Å². The molecule has 11 nitrogen and oxygen atoms in total. The molecule has 2 aliphatic heterocycles. The van der Waals surface area contributed by atoms with E-state index in [1.54, 1.807) is 41.5 Å². The Bertz CT molecular complexity index is 899. The van der Waals surface area contributed by atoms with Crippen molar-refractivity contribution in [3.8, 4) is 0 Å². The Labute approximate surface area is 213 Å². The Morgan fingerprint density at radius 3 is 1.75 bits per heavy atom. The summed E-state index contributed by atoms with van der Waals surface area (Å²) in [6, 6.07) is -1.95. The Morgan fingerprint density at radius 1 is 0.750 bits per heavy atom. The standard InChI is InChI=1S/C25H42N4O7/c1-9-16(6)18(31)14-27-19(32)24(7,8)28(22(27)35)13-17(30)12-26-20(33)25(10-2,11-3)21(34)29(15(4)5)23(26)36/h15-18,30-31H,9-14H2,1-8H3. The highest BCUT2D eigenvalue weighted by atomic mass is 16.3. The summed E-state index contributed by atoms with van der Waals surface area (Å²) < 4.78 is 0. The summed E-state index contributed by atoms with van der Waals surface area (Å²) in [7, 11) is 0. The van der Waals surface area contributed by atoms with Crippen LogP contribution in [0.2, 0.25) is 0 Å². The van der Waals surface area contributed by atoms with E-state index < -0.39 is 65.5 Å². The van der Waals surface area contributed by atoms with Crippen LogP contribution in [-0.4, -0.2) is 103 Å². The molecule has 0 aromatic carbocycles. The predicted molar refractivity (Wildman–Crippen MR) is 131 cm³/mol. The fourth-order valence-electron chi connectivity index (χ4n) is 4.86. The minimum absolute atomic E-state index is 0.117. The molecule has 0 aromatic heterocycles. The van der Waals surface area contributed by atoms with E-state index in [0.29, 0.717) is 6.42 Å². The van der Waals surface area contributed by atoms with Gasteiger partial charge in [0.25, 0.3) is 5.91 Å². The first-order chi connectivity index (χ1) is 16.6. The molecule has 204 valence electrons. The second-order valence-corrected chi connectivity index (χ2v) is 10.7. The molecule has 0 saturated carbocycles. The number of imide groups is 3. The van der Waals surface area contributed by atoms with Gasteiger partial charge >= 0.3 is 12.1 Å². The third-order valence-corrected chi connectivity index (χ3v) is 7.81. The molecule has 0 aromatic rings. The van der Waals surface area contributed by atoms with Crippen molar-refractivity contribution in [2.45, 2.75) is 98.4 Å². The van der Waals surface area contributed by atoms with Crippen LogP contribution in [-0.2, 0) is 14.4 Å². The van der Waals surface area contributed by atoms with E-state index in [1.807, 2.05) is 13.8 Å². The third-order valence-electron chi connectivity index (χ3n) is 7.81. The number of amides is 7. The van der Waals surface area contributed by atoms with E-state index in [2.05, 4.69) is 0 Å². The molecule has 0 spiro atoms. The second kappa shape index (κ2) is 10.8. The van der Waals surface area contributed by atoms with E-state index in [1.165, 1.54) is 4.90 Å². The summed E-state index contributed by atoms with van der Waals surface area (Å²) in [5, 5.41) is 21.3. The molecule has 11 heteroatoms. The molecule has 2 rings (SSSR count). The number of hydrogen-bond acceptors (Lipinski definition) is 7. The molecule has 3 atom stereocenters. The van der Waals surface area contributed by atoms with Crippen molar-refractivity contribution in [2.24, 2.45) is 11.3 Å². The van der Waals surface area contributed by atoms with Gasteiger partial charge < -0.3 is 15.1 Å². The quantitative estimate of drug-likeness (QED) is 0.319. The Morgan fingerprint density at radius 2 is 1.28 bits per heavy atom. The SMILES string of the molecule is CCC(C)C(O)CN1C(=O)N(CC(O)CN2C(=O)N(C(C)C)C(=O)C(CC)(CC)C2=O)C(C)(C)C1=O. The van der Waals surface area contributed by atoms with Crippen LogP contribution in [0.5, 0.6) is 0 Å². The summed E-state index contributed by atoms with van der Waals surface area (Å²) in [6.07, 6.45) is -1.17. The van der Waals surface area contributed by atoms with Gasteiger partial charge in [0.05, 0.1) is 31.8 Å². The maximum Gasteiger partial charge on any atom is 0.333 e. The normalized spacial score (nSPS) is 22.7. The van der Waals surface area contributed by atoms with Gasteiger partial charge in [0.2, 0.25) is 11.8 Å². The van der Waals surface area contributed by atoms with Crippen LogP contribution in [0.25, 0.3) is 0 Å². The zero-order valence-electron chi connectivity index (χ0n) is 22.8. The number of urea groups is 2. The van der Waals surface area contributed by atoms with Crippen LogP contribution < -0.4 is 0 Å². The number of hydrogen-bond donors (Lipinski definition) is 2. The molecule has 0 radical (unpaired) electrons. The van der Waals surface area contributed by atoms with Crippen molar-refractivity contribution in [2.75, 3.05) is 19.6 Å². The lowest BCUT2D eigenvalue weighted by molar-refractivity contribution is -0.161. The molecule has 2 N–H and O–H groups in total. The van der Waals surface area contributed by atoms with Crippen LogP contribution in [0.1, 0.15) is 74.7 Å². The van der Waals surface area contributed by atoms with E-state index >= 15 is 0 Å². The Hall–Kier alpha value is -2.53. The van der Waals surface area contributed by atoms with Gasteiger partial charge in [-0.1, -0.05) is 34.1 Å². The number of rotatable bonds is 11. The highest BCUT2D eigenvalue weighted by Crippen LogP contribution is 2.37. The van der Waals surface area contributed by atoms with Gasteiger partial charge in [-0.05, 0) is 46.5 Å². The Balaban J connectivity index is 2.27. The maximum atomic E-state index is 13.4. The number of carbonyl (C=O) groups is 5. The van der Waals surface area contributed by atoms with Crippen LogP contribution >= 0.6 is 0 Å². The number of carbonyl (C=O) groups excluding carboxylic acids is 5. The van der Waals surface area contributed by atoms with Gasteiger partial charge in [-0.2, -0.15) is 0 Å². The van der Waals surface area contributed by atoms with Gasteiger partial charge in [-0.25, -0.2) is 9.59 Å². The summed E-state index contributed by atoms with van der Waals surface area (Å²) in [5.41, 5.74) is -2.70. The van der Waals surface area contributed by atoms with Crippen molar-refractivity contribution < 1.29 is 34.2 Å². The number of aliphatic hydroxyl groups excluding tert-OH is 2. The average molecular weight is 511 g/mol.